The van der Waals surface area contributed by atoms with Gasteiger partial charge in [-0.1, -0.05) is 0 Å². The monoisotopic (exact) mass is 272 g/mol. The lowest BCUT2D eigenvalue weighted by molar-refractivity contribution is 0.215. The number of likely N-dealkylation sites (tertiary alicyclic amines) is 1. The van der Waals surface area contributed by atoms with E-state index in [1.807, 2.05) is 18.5 Å². The van der Waals surface area contributed by atoms with Gasteiger partial charge in [0, 0.05) is 44.0 Å². The molecule has 0 amide bonds. The fourth-order valence-electron chi connectivity index (χ4n) is 4.02. The summed E-state index contributed by atoms with van der Waals surface area (Å²) in [5.74, 6) is 1.94. The highest BCUT2D eigenvalue weighted by Crippen LogP contribution is 2.41. The average molecular weight is 272 g/mol. The van der Waals surface area contributed by atoms with E-state index in [1.54, 1.807) is 0 Å². The summed E-state index contributed by atoms with van der Waals surface area (Å²) in [6, 6.07) is 1.90. The smallest absolute Gasteiger partial charge is 0.225 e. The Morgan fingerprint density at radius 2 is 1.95 bits per heavy atom. The summed E-state index contributed by atoms with van der Waals surface area (Å²) >= 11 is 0. The van der Waals surface area contributed by atoms with Gasteiger partial charge in [-0.3, -0.25) is 0 Å². The summed E-state index contributed by atoms with van der Waals surface area (Å²) in [6.07, 6.45) is 10.7. The van der Waals surface area contributed by atoms with Gasteiger partial charge in [0.2, 0.25) is 5.95 Å². The number of piperidine rings is 1. The number of hydrogen-bond acceptors (Lipinski definition) is 4. The summed E-state index contributed by atoms with van der Waals surface area (Å²) in [6.45, 7) is 6.23. The maximum Gasteiger partial charge on any atom is 0.225 e. The molecule has 3 fully saturated rings. The molecule has 108 valence electrons. The van der Waals surface area contributed by atoms with Crippen LogP contribution in [0.4, 0.5) is 5.95 Å². The SMILES string of the molecule is c1cnc(N2CCCC3(CCN(CC4CC4)C3)C2)nc1. The number of aromatic nitrogens is 2. The van der Waals surface area contributed by atoms with Crippen LogP contribution in [0.2, 0.25) is 0 Å². The van der Waals surface area contributed by atoms with Crippen LogP contribution in [-0.4, -0.2) is 47.6 Å². The first kappa shape index (κ1) is 12.6. The van der Waals surface area contributed by atoms with Crippen molar-refractivity contribution in [3.8, 4) is 0 Å². The molecule has 4 rings (SSSR count). The van der Waals surface area contributed by atoms with E-state index in [2.05, 4.69) is 19.8 Å². The summed E-state index contributed by atoms with van der Waals surface area (Å²) in [7, 11) is 0. The van der Waals surface area contributed by atoms with Crippen LogP contribution in [-0.2, 0) is 0 Å². The Hall–Kier alpha value is -1.16. The van der Waals surface area contributed by atoms with Crippen LogP contribution in [0.3, 0.4) is 0 Å². The fraction of sp³-hybridized carbons (Fsp3) is 0.750. The first-order chi connectivity index (χ1) is 9.83. The lowest BCUT2D eigenvalue weighted by atomic mass is 9.79. The molecule has 3 aliphatic rings. The highest BCUT2D eigenvalue weighted by Gasteiger charge is 2.42. The Morgan fingerprint density at radius 3 is 2.75 bits per heavy atom. The third kappa shape index (κ3) is 2.53. The molecule has 0 N–H and O–H groups in total. The topological polar surface area (TPSA) is 32.3 Å². The zero-order valence-electron chi connectivity index (χ0n) is 12.2. The number of hydrogen-bond donors (Lipinski definition) is 0. The van der Waals surface area contributed by atoms with Crippen LogP contribution < -0.4 is 4.90 Å². The molecule has 1 aromatic rings. The molecule has 3 heterocycles. The maximum atomic E-state index is 4.44. The maximum absolute atomic E-state index is 4.44. The van der Waals surface area contributed by atoms with Crippen LogP contribution in [0, 0.1) is 11.3 Å². The van der Waals surface area contributed by atoms with Gasteiger partial charge in [-0.05, 0) is 50.6 Å². The van der Waals surface area contributed by atoms with E-state index >= 15 is 0 Å². The molecule has 4 nitrogen and oxygen atoms in total. The molecule has 0 radical (unpaired) electrons. The van der Waals surface area contributed by atoms with E-state index in [4.69, 9.17) is 0 Å². The molecule has 0 aromatic carbocycles. The van der Waals surface area contributed by atoms with E-state index in [0.29, 0.717) is 5.41 Å². The summed E-state index contributed by atoms with van der Waals surface area (Å²) in [5, 5.41) is 0. The van der Waals surface area contributed by atoms with Gasteiger partial charge in [0.25, 0.3) is 0 Å². The summed E-state index contributed by atoms with van der Waals surface area (Å²) in [5.41, 5.74) is 0.506. The zero-order valence-corrected chi connectivity index (χ0v) is 12.2. The molecule has 1 aliphatic carbocycles. The summed E-state index contributed by atoms with van der Waals surface area (Å²) < 4.78 is 0. The average Bonchev–Trinajstić information content (AvgIpc) is 3.23. The normalized spacial score (nSPS) is 31.1. The van der Waals surface area contributed by atoms with Gasteiger partial charge >= 0.3 is 0 Å². The van der Waals surface area contributed by atoms with Crippen LogP contribution in [0.25, 0.3) is 0 Å². The molecule has 1 unspecified atom stereocenters. The number of nitrogens with zero attached hydrogens (tertiary/aromatic N) is 4. The molecule has 1 atom stereocenters. The van der Waals surface area contributed by atoms with Crippen molar-refractivity contribution >= 4 is 5.95 Å². The molecule has 4 heteroatoms. The second-order valence-corrected chi connectivity index (χ2v) is 7.00. The Labute approximate surface area is 121 Å². The van der Waals surface area contributed by atoms with E-state index in [1.165, 1.54) is 51.7 Å². The lowest BCUT2D eigenvalue weighted by Crippen LogP contribution is -2.45. The van der Waals surface area contributed by atoms with Crippen molar-refractivity contribution in [3.63, 3.8) is 0 Å². The minimum atomic E-state index is 0.506. The van der Waals surface area contributed by atoms with Crippen molar-refractivity contribution in [3.05, 3.63) is 18.5 Å². The minimum absolute atomic E-state index is 0.506. The predicted molar refractivity (Wildman–Crippen MR) is 79.7 cm³/mol. The highest BCUT2D eigenvalue weighted by molar-refractivity contribution is 5.30. The summed E-state index contributed by atoms with van der Waals surface area (Å²) in [4.78, 5) is 14.0. The van der Waals surface area contributed by atoms with Gasteiger partial charge in [-0.25, -0.2) is 9.97 Å². The van der Waals surface area contributed by atoms with Gasteiger partial charge in [-0.2, -0.15) is 0 Å². The molecule has 0 bridgehead atoms. The minimum Gasteiger partial charge on any atom is -0.340 e. The van der Waals surface area contributed by atoms with Crippen molar-refractivity contribution in [1.29, 1.82) is 0 Å². The van der Waals surface area contributed by atoms with Crippen LogP contribution in [0.5, 0.6) is 0 Å². The second kappa shape index (κ2) is 4.99. The van der Waals surface area contributed by atoms with Crippen LogP contribution in [0.1, 0.15) is 32.1 Å². The van der Waals surface area contributed by atoms with Gasteiger partial charge < -0.3 is 9.80 Å². The van der Waals surface area contributed by atoms with E-state index in [0.717, 1.165) is 25.0 Å². The molecule has 1 aromatic heterocycles. The number of anilines is 1. The van der Waals surface area contributed by atoms with E-state index in [9.17, 15) is 0 Å². The highest BCUT2D eigenvalue weighted by atomic mass is 15.3. The quantitative estimate of drug-likeness (QED) is 0.844. The molecule has 1 saturated carbocycles. The standard InChI is InChI=1S/C16H24N4/c1-5-16(6-10-19(12-16)11-14-3-4-14)13-20(9-1)15-17-7-2-8-18-15/h2,7-8,14H,1,3-6,9-13H2. The van der Waals surface area contributed by atoms with Gasteiger partial charge in [0.05, 0.1) is 0 Å². The van der Waals surface area contributed by atoms with Crippen molar-refractivity contribution in [2.24, 2.45) is 11.3 Å². The third-order valence-electron chi connectivity index (χ3n) is 5.23. The van der Waals surface area contributed by atoms with Crippen LogP contribution >= 0.6 is 0 Å². The van der Waals surface area contributed by atoms with E-state index in [-0.39, 0.29) is 0 Å². The zero-order chi connectivity index (χ0) is 13.4. The molecule has 2 aliphatic heterocycles. The van der Waals surface area contributed by atoms with Gasteiger partial charge in [0.1, 0.15) is 0 Å². The first-order valence-corrected chi connectivity index (χ1v) is 8.07. The first-order valence-electron chi connectivity index (χ1n) is 8.07. The molecule has 2 saturated heterocycles. The lowest BCUT2D eigenvalue weighted by Gasteiger charge is -2.40. The Morgan fingerprint density at radius 1 is 1.10 bits per heavy atom. The Balaban J connectivity index is 1.43. The van der Waals surface area contributed by atoms with Crippen LogP contribution in [0.15, 0.2) is 18.5 Å². The molecular weight excluding hydrogens is 248 g/mol. The molecule has 1 spiro atoms. The van der Waals surface area contributed by atoms with Crippen molar-refractivity contribution < 1.29 is 0 Å². The van der Waals surface area contributed by atoms with E-state index < -0.39 is 0 Å². The fourth-order valence-corrected chi connectivity index (χ4v) is 4.02. The van der Waals surface area contributed by atoms with Crippen molar-refractivity contribution in [2.75, 3.05) is 37.6 Å². The van der Waals surface area contributed by atoms with Crippen molar-refractivity contribution in [1.82, 2.24) is 14.9 Å². The number of rotatable bonds is 3. The van der Waals surface area contributed by atoms with Gasteiger partial charge in [0.15, 0.2) is 0 Å². The van der Waals surface area contributed by atoms with Gasteiger partial charge in [-0.15, -0.1) is 0 Å². The molecular formula is C16H24N4. The Kier molecular flexibility index (Phi) is 3.14. The molecule has 20 heavy (non-hydrogen) atoms. The Bertz CT molecular complexity index is 459. The second-order valence-electron chi connectivity index (χ2n) is 7.00. The third-order valence-corrected chi connectivity index (χ3v) is 5.23. The largest absolute Gasteiger partial charge is 0.340 e. The predicted octanol–water partition coefficient (Wildman–Crippen LogP) is 2.18. The van der Waals surface area contributed by atoms with Crippen molar-refractivity contribution in [2.45, 2.75) is 32.1 Å².